The van der Waals surface area contributed by atoms with Gasteiger partial charge >= 0.3 is 5.97 Å². The minimum atomic E-state index is -1.51. The van der Waals surface area contributed by atoms with Gasteiger partial charge in [-0.05, 0) is 57.3 Å². The number of nitrogens with zero attached hydrogens (tertiary/aromatic N) is 1. The summed E-state index contributed by atoms with van der Waals surface area (Å²) in [6.45, 7) is 7.60. The van der Waals surface area contributed by atoms with Crippen LogP contribution in [-0.4, -0.2) is 143 Å². The number of primary amides is 2. The molecule has 0 bridgehead atoms. The Bertz CT molecular complexity index is 1630. The number of aliphatic carboxylic acids is 1. The molecule has 0 aliphatic heterocycles. The summed E-state index contributed by atoms with van der Waals surface area (Å²) in [5, 5.41) is 36.1. The van der Waals surface area contributed by atoms with Gasteiger partial charge in [-0.1, -0.05) is 27.7 Å². The third-order valence-electron chi connectivity index (χ3n) is 8.97. The van der Waals surface area contributed by atoms with Gasteiger partial charge < -0.3 is 76.1 Å². The fourth-order valence-corrected chi connectivity index (χ4v) is 5.88. The molecular formula is C37H67N13O12S. The maximum Gasteiger partial charge on any atom is 0.326 e. The standard InChI is InChI=1S/C37H67N13O12S/c1-17(2)13-20(38)30(55)49-25(15-51)34(59)50-26(16-63)35(60)46-22(9-11-28(40)53)32(57)48-24(14-18(3)4)33(58)44-19(5)29(54)45-21(8-10-27(39)52)31(56)47-23(36(61)62)7-6-12-43-37(41)42/h17-26,51,63H,6-16,38H2,1-5H3,(H2,39,52)(H2,40,53)(H,44,58)(H,45,54)(H,46,60)(H,47,56)(H,48,57)(H,49,55)(H,50,59)(H,61,62)(H4,41,42,43)/t19-,20-,21-,22-,23-,24-,25-,26-/m0/s1. The maximum absolute atomic E-state index is 13.7. The number of aliphatic hydroxyl groups excluding tert-OH is 1. The first kappa shape index (κ1) is 57.2. The van der Waals surface area contributed by atoms with Gasteiger partial charge in [0.25, 0.3) is 0 Å². The molecule has 0 spiro atoms. The van der Waals surface area contributed by atoms with Crippen LogP contribution in [0.5, 0.6) is 0 Å². The van der Waals surface area contributed by atoms with Crippen LogP contribution >= 0.6 is 12.6 Å². The van der Waals surface area contributed by atoms with Crippen molar-refractivity contribution in [1.82, 2.24) is 37.2 Å². The lowest BCUT2D eigenvalue weighted by Crippen LogP contribution is -2.60. The molecule has 19 N–H and O–H groups in total. The first-order chi connectivity index (χ1) is 29.3. The Kier molecular flexibility index (Phi) is 26.8. The van der Waals surface area contributed by atoms with Crippen LogP contribution in [0, 0.1) is 11.8 Å². The third-order valence-corrected chi connectivity index (χ3v) is 9.34. The van der Waals surface area contributed by atoms with Crippen LogP contribution < -0.4 is 65.9 Å². The van der Waals surface area contributed by atoms with Gasteiger partial charge in [0.1, 0.15) is 42.3 Å². The summed E-state index contributed by atoms with van der Waals surface area (Å²) < 4.78 is 0. The van der Waals surface area contributed by atoms with E-state index in [0.717, 1.165) is 0 Å². The van der Waals surface area contributed by atoms with Gasteiger partial charge in [0.15, 0.2) is 5.96 Å². The molecule has 358 valence electrons. The molecule has 0 rings (SSSR count). The number of carbonyl (C=O) groups is 10. The third kappa shape index (κ3) is 23.9. The molecule has 25 nitrogen and oxygen atoms in total. The minimum Gasteiger partial charge on any atom is -0.480 e. The predicted octanol–water partition coefficient (Wildman–Crippen LogP) is -5.59. The summed E-state index contributed by atoms with van der Waals surface area (Å²) in [7, 11) is 0. The minimum absolute atomic E-state index is 0.00375. The molecule has 0 aromatic rings. The van der Waals surface area contributed by atoms with Crippen LogP contribution in [0.1, 0.15) is 86.0 Å². The Hall–Kier alpha value is -5.76. The second-order valence-electron chi connectivity index (χ2n) is 15.6. The monoisotopic (exact) mass is 917 g/mol. The zero-order chi connectivity index (χ0) is 48.6. The van der Waals surface area contributed by atoms with Gasteiger partial charge in [-0.2, -0.15) is 12.6 Å². The van der Waals surface area contributed by atoms with E-state index in [-0.39, 0.29) is 68.6 Å². The number of aliphatic imine (C=N–C) groups is 1. The molecule has 0 aliphatic rings. The van der Waals surface area contributed by atoms with E-state index in [1.54, 1.807) is 13.8 Å². The van der Waals surface area contributed by atoms with E-state index in [2.05, 4.69) is 54.8 Å². The summed E-state index contributed by atoms with van der Waals surface area (Å²) in [6, 6.07) is -11.1. The van der Waals surface area contributed by atoms with Crippen molar-refractivity contribution in [2.45, 2.75) is 134 Å². The van der Waals surface area contributed by atoms with Gasteiger partial charge in [0.05, 0.1) is 12.6 Å². The lowest BCUT2D eigenvalue weighted by atomic mass is 10.0. The summed E-state index contributed by atoms with van der Waals surface area (Å²) >= 11 is 4.11. The quantitative estimate of drug-likeness (QED) is 0.0133. The lowest BCUT2D eigenvalue weighted by molar-refractivity contribution is -0.142. The van der Waals surface area contributed by atoms with Crippen molar-refractivity contribution < 1.29 is 58.2 Å². The summed E-state index contributed by atoms with van der Waals surface area (Å²) in [6.07, 6.45) is -1.11. The first-order valence-electron chi connectivity index (χ1n) is 20.3. The Labute approximate surface area is 371 Å². The van der Waals surface area contributed by atoms with Gasteiger partial charge in [-0.3, -0.25) is 48.1 Å². The van der Waals surface area contributed by atoms with E-state index >= 15 is 0 Å². The van der Waals surface area contributed by atoms with Crippen molar-refractivity contribution in [1.29, 1.82) is 0 Å². The largest absolute Gasteiger partial charge is 0.480 e. The normalized spacial score (nSPS) is 14.8. The van der Waals surface area contributed by atoms with Crippen LogP contribution in [0.2, 0.25) is 0 Å². The Morgan fingerprint density at radius 2 is 0.952 bits per heavy atom. The summed E-state index contributed by atoms with van der Waals surface area (Å²) in [4.78, 5) is 131. The van der Waals surface area contributed by atoms with Gasteiger partial charge in [-0.15, -0.1) is 0 Å². The van der Waals surface area contributed by atoms with Crippen molar-refractivity contribution in [2.75, 3.05) is 18.9 Å². The van der Waals surface area contributed by atoms with Crippen LogP contribution in [0.15, 0.2) is 4.99 Å². The fourth-order valence-electron chi connectivity index (χ4n) is 5.62. The number of nitrogens with one attached hydrogen (secondary N) is 7. The molecule has 0 saturated heterocycles. The van der Waals surface area contributed by atoms with Gasteiger partial charge in [-0.25, -0.2) is 4.79 Å². The number of hydrogen-bond acceptors (Lipinski definition) is 14. The highest BCUT2D eigenvalue weighted by Crippen LogP contribution is 2.09. The van der Waals surface area contributed by atoms with E-state index in [9.17, 15) is 58.2 Å². The number of amides is 9. The van der Waals surface area contributed by atoms with E-state index in [1.165, 1.54) is 6.92 Å². The fraction of sp³-hybridized carbons (Fsp3) is 0.703. The first-order valence-corrected chi connectivity index (χ1v) is 20.9. The Balaban J connectivity index is 6.07. The highest BCUT2D eigenvalue weighted by atomic mass is 32.1. The summed E-state index contributed by atoms with van der Waals surface area (Å²) in [5.74, 6) is -10.2. The number of carboxylic acid groups (broad SMARTS) is 1. The maximum atomic E-state index is 13.7. The average molecular weight is 918 g/mol. The number of guanidine groups is 1. The highest BCUT2D eigenvalue weighted by Gasteiger charge is 2.34. The molecule has 0 aromatic carbocycles. The molecule has 0 aliphatic carbocycles. The van der Waals surface area contributed by atoms with Crippen molar-refractivity contribution in [2.24, 2.45) is 45.5 Å². The molecule has 0 aromatic heterocycles. The number of carboxylic acids is 1. The molecule has 0 unspecified atom stereocenters. The number of hydrogen-bond donors (Lipinski definition) is 15. The molecule has 0 saturated carbocycles. The van der Waals surface area contributed by atoms with Crippen LogP contribution in [0.25, 0.3) is 0 Å². The SMILES string of the molecule is CC(C)C[C@H](NC(=O)[C@H](CCC(N)=O)NC(=O)[C@H](CS)NC(=O)[C@H](CO)NC(=O)[C@@H](N)CC(C)C)C(=O)N[C@@H](C)C(=O)N[C@@H](CCC(N)=O)C(=O)N[C@@H](CCCN=C(N)N)C(=O)O. The Morgan fingerprint density at radius 3 is 1.40 bits per heavy atom. The number of carbonyl (C=O) groups excluding carboxylic acids is 9. The average Bonchev–Trinajstić information content (AvgIpc) is 3.18. The summed E-state index contributed by atoms with van der Waals surface area (Å²) in [5.41, 5.74) is 27.0. The molecule has 0 radical (unpaired) electrons. The van der Waals surface area contributed by atoms with Gasteiger partial charge in [0.2, 0.25) is 53.2 Å². The van der Waals surface area contributed by atoms with Gasteiger partial charge in [0, 0.05) is 25.1 Å². The zero-order valence-electron chi connectivity index (χ0n) is 36.3. The van der Waals surface area contributed by atoms with Crippen molar-refractivity contribution in [3.63, 3.8) is 0 Å². The van der Waals surface area contributed by atoms with E-state index in [4.69, 9.17) is 28.7 Å². The topological polar surface area (TPSA) is 438 Å². The lowest BCUT2D eigenvalue weighted by Gasteiger charge is -2.27. The van der Waals surface area contributed by atoms with Crippen LogP contribution in [0.3, 0.4) is 0 Å². The van der Waals surface area contributed by atoms with Crippen molar-refractivity contribution in [3.05, 3.63) is 0 Å². The molecule has 9 amide bonds. The van der Waals surface area contributed by atoms with E-state index in [0.29, 0.717) is 6.42 Å². The Morgan fingerprint density at radius 1 is 0.540 bits per heavy atom. The van der Waals surface area contributed by atoms with Crippen molar-refractivity contribution >= 4 is 77.7 Å². The second-order valence-corrected chi connectivity index (χ2v) is 16.0. The molecule has 8 atom stereocenters. The smallest absolute Gasteiger partial charge is 0.326 e. The number of nitrogens with two attached hydrogens (primary N) is 5. The molecule has 0 heterocycles. The van der Waals surface area contributed by atoms with E-state index in [1.807, 2.05) is 13.8 Å². The zero-order valence-corrected chi connectivity index (χ0v) is 37.2. The highest BCUT2D eigenvalue weighted by molar-refractivity contribution is 7.80. The molecule has 63 heavy (non-hydrogen) atoms. The number of rotatable bonds is 31. The second kappa shape index (κ2) is 29.5. The number of thiol groups is 1. The van der Waals surface area contributed by atoms with E-state index < -0.39 is 120 Å². The van der Waals surface area contributed by atoms with Crippen LogP contribution in [-0.2, 0) is 47.9 Å². The number of aliphatic hydroxyl groups is 1. The molecule has 26 heteroatoms. The van der Waals surface area contributed by atoms with Crippen molar-refractivity contribution in [3.8, 4) is 0 Å². The van der Waals surface area contributed by atoms with Crippen LogP contribution in [0.4, 0.5) is 0 Å². The molecular weight excluding hydrogens is 851 g/mol. The molecule has 0 fully saturated rings. The predicted molar refractivity (Wildman–Crippen MR) is 231 cm³/mol.